The summed E-state index contributed by atoms with van der Waals surface area (Å²) in [6, 6.07) is 18.9. The van der Waals surface area contributed by atoms with Gasteiger partial charge in [0.25, 0.3) is 5.91 Å². The summed E-state index contributed by atoms with van der Waals surface area (Å²) in [7, 11) is 0. The van der Waals surface area contributed by atoms with Gasteiger partial charge in [-0.25, -0.2) is 14.3 Å². The Labute approximate surface area is 186 Å². The van der Waals surface area contributed by atoms with E-state index in [-0.39, 0.29) is 16.8 Å². The molecule has 0 aliphatic carbocycles. The number of aryl methyl sites for hydroxylation is 1. The van der Waals surface area contributed by atoms with Gasteiger partial charge in [0.05, 0.1) is 24.0 Å². The van der Waals surface area contributed by atoms with Gasteiger partial charge in [0, 0.05) is 37.7 Å². The molecule has 32 heavy (non-hydrogen) atoms. The fourth-order valence-corrected chi connectivity index (χ4v) is 5.05. The summed E-state index contributed by atoms with van der Waals surface area (Å²) in [6.45, 7) is 0.560. The van der Waals surface area contributed by atoms with E-state index in [2.05, 4.69) is 9.97 Å². The number of benzene rings is 2. The van der Waals surface area contributed by atoms with Crippen LogP contribution < -0.4 is 10.2 Å². The van der Waals surface area contributed by atoms with E-state index in [1.807, 2.05) is 77.6 Å². The van der Waals surface area contributed by atoms with Crippen molar-refractivity contribution >= 4 is 28.5 Å². The number of amides is 2. The minimum absolute atomic E-state index is 0.00800. The van der Waals surface area contributed by atoms with Crippen molar-refractivity contribution in [1.82, 2.24) is 19.0 Å². The van der Waals surface area contributed by atoms with E-state index in [0.29, 0.717) is 19.4 Å². The maximum Gasteiger partial charge on any atom is 0.319 e. The summed E-state index contributed by atoms with van der Waals surface area (Å²) in [5.74, 6) is 0.333. The molecule has 7 nitrogen and oxygen atoms in total. The number of hydrogen-bond acceptors (Lipinski definition) is 3. The van der Waals surface area contributed by atoms with Crippen LogP contribution in [0.25, 0.3) is 16.7 Å². The molecule has 1 aliphatic rings. The Hall–Kier alpha value is -3.71. The molecule has 0 spiro atoms. The van der Waals surface area contributed by atoms with E-state index < -0.39 is 11.9 Å². The number of nitrogens with zero attached hydrogens (tertiary/aromatic N) is 3. The molecule has 2 amide bonds. The Morgan fingerprint density at radius 1 is 1.06 bits per heavy atom. The zero-order chi connectivity index (χ0) is 22.1. The van der Waals surface area contributed by atoms with Crippen LogP contribution in [0.2, 0.25) is 0 Å². The van der Waals surface area contributed by atoms with Gasteiger partial charge in [-0.05, 0) is 30.3 Å². The van der Waals surface area contributed by atoms with Gasteiger partial charge in [-0.3, -0.25) is 4.79 Å². The molecular weight excluding hydrogens is 402 g/mol. The summed E-state index contributed by atoms with van der Waals surface area (Å²) in [6.07, 6.45) is 6.01. The lowest BCUT2D eigenvalue weighted by Crippen LogP contribution is -2.62. The number of aromatic amines is 1. The number of imidazole rings is 1. The van der Waals surface area contributed by atoms with Crippen molar-refractivity contribution in [2.45, 2.75) is 31.7 Å². The first-order chi connectivity index (χ1) is 15.6. The lowest BCUT2D eigenvalue weighted by molar-refractivity contribution is -0.136. The summed E-state index contributed by atoms with van der Waals surface area (Å²) in [4.78, 5) is 34.3. The zero-order valence-electron chi connectivity index (χ0n) is 17.8. The Morgan fingerprint density at radius 2 is 1.81 bits per heavy atom. The average molecular weight is 429 g/mol. The molecule has 2 aromatic carbocycles. The first-order valence-corrected chi connectivity index (χ1v) is 11.0. The number of nitrogens with one attached hydrogen (secondary N) is 1. The molecule has 2 aromatic heterocycles. The van der Waals surface area contributed by atoms with Crippen LogP contribution in [0.3, 0.4) is 0 Å². The van der Waals surface area contributed by atoms with Gasteiger partial charge in [-0.1, -0.05) is 24.3 Å². The maximum atomic E-state index is 13.9. The first-order valence-electron chi connectivity index (χ1n) is 11.0. The van der Waals surface area contributed by atoms with Crippen molar-refractivity contribution in [3.63, 3.8) is 0 Å². The molecule has 0 saturated carbocycles. The van der Waals surface area contributed by atoms with E-state index in [1.54, 1.807) is 0 Å². The van der Waals surface area contributed by atoms with Crippen LogP contribution in [0, 0.1) is 0 Å². The molecule has 3 heterocycles. The van der Waals surface area contributed by atoms with Gasteiger partial charge in [0.15, 0.2) is 11.7 Å². The molecule has 3 N–H and O–H groups in total. The predicted octanol–water partition coefficient (Wildman–Crippen LogP) is 3.47. The molecule has 1 saturated heterocycles. The predicted molar refractivity (Wildman–Crippen MR) is 124 cm³/mol. The van der Waals surface area contributed by atoms with Crippen molar-refractivity contribution < 1.29 is 9.59 Å². The number of para-hydroxylation sites is 4. The fraction of sp³-hybridized carbons (Fsp3) is 0.240. The first kappa shape index (κ1) is 20.2. The largest absolute Gasteiger partial charge is 0.364 e. The number of fused-ring (bicyclic) bond motifs is 1. The molecule has 4 aromatic rings. The monoisotopic (exact) mass is 428 g/mol. The third kappa shape index (κ3) is 3.31. The number of carbonyl (C=O) groups is 2. The van der Waals surface area contributed by atoms with Crippen LogP contribution in [0.1, 0.15) is 25.1 Å². The van der Waals surface area contributed by atoms with E-state index >= 15 is 0 Å². The van der Waals surface area contributed by atoms with Crippen LogP contribution in [0.4, 0.5) is 5.69 Å². The molecule has 5 rings (SSSR count). The number of quaternary nitrogens is 1. The lowest BCUT2D eigenvalue weighted by atomic mass is 10.1. The second kappa shape index (κ2) is 8.09. The van der Waals surface area contributed by atoms with Crippen molar-refractivity contribution in [3.8, 4) is 5.69 Å². The molecule has 2 atom stereocenters. The highest BCUT2D eigenvalue weighted by atomic mass is 16.2. The second-order valence-electron chi connectivity index (χ2n) is 8.33. The van der Waals surface area contributed by atoms with Crippen LogP contribution in [0.5, 0.6) is 0 Å². The summed E-state index contributed by atoms with van der Waals surface area (Å²) in [5, 5.41) is 0. The molecule has 0 bridgehead atoms. The number of nitrogens with two attached hydrogens (primary N) is 1. The Balaban J connectivity index is 1.53. The maximum absolute atomic E-state index is 13.9. The van der Waals surface area contributed by atoms with E-state index in [4.69, 9.17) is 5.73 Å². The smallest absolute Gasteiger partial charge is 0.319 e. The van der Waals surface area contributed by atoms with E-state index in [0.717, 1.165) is 34.7 Å². The van der Waals surface area contributed by atoms with Gasteiger partial charge in [0.1, 0.15) is 11.5 Å². The average Bonchev–Trinajstić information content (AvgIpc) is 3.56. The number of rotatable bonds is 6. The third-order valence-electron chi connectivity index (χ3n) is 6.50. The van der Waals surface area contributed by atoms with Crippen molar-refractivity contribution in [2.24, 2.45) is 5.73 Å². The van der Waals surface area contributed by atoms with Crippen molar-refractivity contribution in [1.29, 1.82) is 0 Å². The number of hydrogen-bond donors (Lipinski definition) is 2. The highest BCUT2D eigenvalue weighted by Crippen LogP contribution is 2.39. The van der Waals surface area contributed by atoms with Gasteiger partial charge >= 0.3 is 5.91 Å². The summed E-state index contributed by atoms with van der Waals surface area (Å²) < 4.78 is 1.95. The van der Waals surface area contributed by atoms with Crippen LogP contribution in [-0.2, 0) is 16.0 Å². The summed E-state index contributed by atoms with van der Waals surface area (Å²) in [5.41, 5.74) is 9.39. The van der Waals surface area contributed by atoms with Gasteiger partial charge < -0.3 is 15.3 Å². The SMILES string of the molecule is NC(=O)[C@@H]1CCC[N+]1(C(=O)CCc1nc2ccccc2[nH]1)c1ccccc1-n1cccc1. The van der Waals surface area contributed by atoms with Crippen molar-refractivity contribution in [2.75, 3.05) is 6.54 Å². The van der Waals surface area contributed by atoms with Crippen LogP contribution in [0.15, 0.2) is 73.1 Å². The molecule has 1 unspecified atom stereocenters. The molecule has 7 heteroatoms. The summed E-state index contributed by atoms with van der Waals surface area (Å²) >= 11 is 0. The minimum Gasteiger partial charge on any atom is -0.364 e. The van der Waals surface area contributed by atoms with Gasteiger partial charge in [-0.2, -0.15) is 0 Å². The van der Waals surface area contributed by atoms with Crippen molar-refractivity contribution in [3.05, 3.63) is 78.9 Å². The third-order valence-corrected chi connectivity index (χ3v) is 6.50. The normalized spacial score (nSPS) is 20.6. The number of primary amides is 1. The van der Waals surface area contributed by atoms with Gasteiger partial charge in [-0.15, -0.1) is 0 Å². The molecule has 1 fully saturated rings. The zero-order valence-corrected chi connectivity index (χ0v) is 17.8. The standard InChI is InChI=1S/C25H25N5O2/c26-25(32)22-12-7-17-30(22,21-11-4-3-10-20(21)29-15-5-6-16-29)24(31)14-13-23-27-18-8-1-2-9-19(18)28-23/h1-6,8-11,15-16,22H,7,12-14,17H2,(H2-,26,27,28,32)/p+1/t22-,30?/m0/s1. The number of carbonyl (C=O) groups excluding carboxylic acids is 2. The Morgan fingerprint density at radius 3 is 2.59 bits per heavy atom. The fourth-order valence-electron chi connectivity index (χ4n) is 5.05. The Kier molecular flexibility index (Phi) is 5.11. The minimum atomic E-state index is -0.574. The molecule has 1 aliphatic heterocycles. The molecular formula is C25H26N5O2+. The molecule has 0 radical (unpaired) electrons. The lowest BCUT2D eigenvalue weighted by Gasteiger charge is -2.36. The number of aromatic nitrogens is 3. The van der Waals surface area contributed by atoms with E-state index in [9.17, 15) is 9.59 Å². The Bertz CT molecular complexity index is 1240. The quantitative estimate of drug-likeness (QED) is 0.461. The number of likely N-dealkylation sites (tertiary alicyclic amines) is 1. The molecule has 162 valence electrons. The highest BCUT2D eigenvalue weighted by molar-refractivity contribution is 5.98. The van der Waals surface area contributed by atoms with Gasteiger partial charge in [0.2, 0.25) is 0 Å². The van der Waals surface area contributed by atoms with E-state index in [1.165, 1.54) is 0 Å². The highest BCUT2D eigenvalue weighted by Gasteiger charge is 2.53. The van der Waals surface area contributed by atoms with Crippen LogP contribution in [-0.4, -0.2) is 38.9 Å². The number of H-pyrrole nitrogens is 1. The second-order valence-corrected chi connectivity index (χ2v) is 8.33. The topological polar surface area (TPSA) is 93.8 Å². The van der Waals surface area contributed by atoms with Crippen LogP contribution >= 0.6 is 0 Å².